The van der Waals surface area contributed by atoms with Crippen LogP contribution in [0.3, 0.4) is 0 Å². The standard InChI is InChI=1S/C21H18FN3O4S/c22-14-6-10-18(11-7-14)30(27,28)25-16-3-1-4-17(13-16)29-21-19(5-2-12-23-21)20(26)24-15-8-9-15/h1-7,10-13,15,25H,8-9H2,(H,24,26). The first-order valence-electron chi connectivity index (χ1n) is 9.23. The molecule has 1 amide bonds. The second-order valence-corrected chi connectivity index (χ2v) is 8.48. The molecule has 30 heavy (non-hydrogen) atoms. The molecule has 9 heteroatoms. The topological polar surface area (TPSA) is 97.4 Å². The van der Waals surface area contributed by atoms with E-state index in [0.717, 1.165) is 25.0 Å². The summed E-state index contributed by atoms with van der Waals surface area (Å²) in [4.78, 5) is 16.4. The van der Waals surface area contributed by atoms with Gasteiger partial charge in [0.2, 0.25) is 5.88 Å². The molecule has 0 aliphatic heterocycles. The third kappa shape index (κ3) is 4.74. The second kappa shape index (κ2) is 8.11. The monoisotopic (exact) mass is 427 g/mol. The number of pyridine rings is 1. The van der Waals surface area contributed by atoms with Gasteiger partial charge in [-0.05, 0) is 61.4 Å². The van der Waals surface area contributed by atoms with Crippen molar-refractivity contribution in [1.82, 2.24) is 10.3 Å². The first-order chi connectivity index (χ1) is 14.4. The highest BCUT2D eigenvalue weighted by molar-refractivity contribution is 7.92. The summed E-state index contributed by atoms with van der Waals surface area (Å²) < 4.78 is 46.2. The van der Waals surface area contributed by atoms with Crippen LogP contribution in [0.4, 0.5) is 10.1 Å². The minimum absolute atomic E-state index is 0.0704. The molecule has 2 aromatic carbocycles. The molecule has 154 valence electrons. The lowest BCUT2D eigenvalue weighted by atomic mass is 10.2. The Bertz CT molecular complexity index is 1180. The van der Waals surface area contributed by atoms with Gasteiger partial charge in [-0.15, -0.1) is 0 Å². The fourth-order valence-corrected chi connectivity index (χ4v) is 3.75. The molecule has 7 nitrogen and oxygen atoms in total. The van der Waals surface area contributed by atoms with Crippen LogP contribution in [-0.4, -0.2) is 25.4 Å². The summed E-state index contributed by atoms with van der Waals surface area (Å²) in [6, 6.07) is 14.2. The number of amides is 1. The smallest absolute Gasteiger partial charge is 0.261 e. The largest absolute Gasteiger partial charge is 0.438 e. The predicted molar refractivity (Wildman–Crippen MR) is 108 cm³/mol. The Kier molecular flexibility index (Phi) is 5.37. The van der Waals surface area contributed by atoms with Crippen molar-refractivity contribution in [2.45, 2.75) is 23.8 Å². The molecule has 0 saturated heterocycles. The van der Waals surface area contributed by atoms with E-state index in [2.05, 4.69) is 15.0 Å². The van der Waals surface area contributed by atoms with Crippen LogP contribution in [0.15, 0.2) is 71.8 Å². The van der Waals surface area contributed by atoms with Crippen LogP contribution in [0, 0.1) is 5.82 Å². The van der Waals surface area contributed by atoms with Crippen LogP contribution < -0.4 is 14.8 Å². The number of carbonyl (C=O) groups is 1. The van der Waals surface area contributed by atoms with Crippen LogP contribution >= 0.6 is 0 Å². The Morgan fingerprint density at radius 1 is 1.07 bits per heavy atom. The molecule has 1 heterocycles. The zero-order valence-electron chi connectivity index (χ0n) is 15.7. The number of nitrogens with zero attached hydrogens (tertiary/aromatic N) is 1. The third-order valence-corrected chi connectivity index (χ3v) is 5.75. The van der Waals surface area contributed by atoms with E-state index in [9.17, 15) is 17.6 Å². The summed E-state index contributed by atoms with van der Waals surface area (Å²) in [5, 5.41) is 2.88. The summed E-state index contributed by atoms with van der Waals surface area (Å²) in [6.07, 6.45) is 3.42. The average Bonchev–Trinajstić information content (AvgIpc) is 3.52. The van der Waals surface area contributed by atoms with Crippen molar-refractivity contribution < 1.29 is 22.3 Å². The Morgan fingerprint density at radius 3 is 2.57 bits per heavy atom. The minimum atomic E-state index is -3.90. The molecule has 0 radical (unpaired) electrons. The molecular formula is C21H18FN3O4S. The molecule has 1 aromatic heterocycles. The van der Waals surface area contributed by atoms with Crippen molar-refractivity contribution in [3.8, 4) is 11.6 Å². The molecular weight excluding hydrogens is 409 g/mol. The van der Waals surface area contributed by atoms with E-state index in [0.29, 0.717) is 11.3 Å². The average molecular weight is 427 g/mol. The van der Waals surface area contributed by atoms with Crippen LogP contribution in [0.25, 0.3) is 0 Å². The van der Waals surface area contributed by atoms with E-state index in [4.69, 9.17) is 4.74 Å². The number of rotatable bonds is 7. The highest BCUT2D eigenvalue weighted by atomic mass is 32.2. The molecule has 1 saturated carbocycles. The van der Waals surface area contributed by atoms with Gasteiger partial charge in [0.25, 0.3) is 15.9 Å². The van der Waals surface area contributed by atoms with Crippen molar-refractivity contribution in [2.24, 2.45) is 0 Å². The van der Waals surface area contributed by atoms with E-state index in [1.807, 2.05) is 0 Å². The Balaban J connectivity index is 1.53. The highest BCUT2D eigenvalue weighted by Gasteiger charge is 2.25. The van der Waals surface area contributed by atoms with E-state index in [1.165, 1.54) is 24.4 Å². The maximum absolute atomic E-state index is 13.1. The van der Waals surface area contributed by atoms with Gasteiger partial charge in [0.05, 0.1) is 10.6 Å². The van der Waals surface area contributed by atoms with Gasteiger partial charge >= 0.3 is 0 Å². The van der Waals surface area contributed by atoms with Crippen molar-refractivity contribution in [2.75, 3.05) is 4.72 Å². The lowest BCUT2D eigenvalue weighted by Crippen LogP contribution is -2.25. The number of sulfonamides is 1. The molecule has 2 N–H and O–H groups in total. The Hall–Kier alpha value is -3.46. The predicted octanol–water partition coefficient (Wildman–Crippen LogP) is 3.71. The molecule has 0 unspecified atom stereocenters. The number of halogens is 1. The molecule has 0 atom stereocenters. The van der Waals surface area contributed by atoms with Crippen LogP contribution in [0.1, 0.15) is 23.2 Å². The van der Waals surface area contributed by atoms with Gasteiger partial charge in [-0.3, -0.25) is 9.52 Å². The van der Waals surface area contributed by atoms with Gasteiger partial charge in [-0.25, -0.2) is 17.8 Å². The molecule has 1 aliphatic carbocycles. The number of ether oxygens (including phenoxy) is 1. The van der Waals surface area contributed by atoms with Crippen LogP contribution in [-0.2, 0) is 10.0 Å². The first-order valence-corrected chi connectivity index (χ1v) is 10.7. The normalized spacial score (nSPS) is 13.5. The van der Waals surface area contributed by atoms with Gasteiger partial charge in [0, 0.05) is 18.3 Å². The quantitative estimate of drug-likeness (QED) is 0.599. The molecule has 3 aromatic rings. The fourth-order valence-electron chi connectivity index (χ4n) is 2.70. The number of anilines is 1. The Morgan fingerprint density at radius 2 is 1.83 bits per heavy atom. The van der Waals surface area contributed by atoms with E-state index < -0.39 is 15.8 Å². The number of hydrogen-bond donors (Lipinski definition) is 2. The molecule has 0 bridgehead atoms. The van der Waals surface area contributed by atoms with Gasteiger partial charge < -0.3 is 10.1 Å². The van der Waals surface area contributed by atoms with E-state index in [-0.39, 0.29) is 28.4 Å². The maximum atomic E-state index is 13.1. The van der Waals surface area contributed by atoms with E-state index >= 15 is 0 Å². The van der Waals surface area contributed by atoms with Gasteiger partial charge in [0.15, 0.2) is 0 Å². The summed E-state index contributed by atoms with van der Waals surface area (Å²) in [5.41, 5.74) is 0.540. The number of carbonyl (C=O) groups excluding carboxylic acids is 1. The number of aromatic nitrogens is 1. The van der Waals surface area contributed by atoms with Crippen LogP contribution in [0.2, 0.25) is 0 Å². The first kappa shape index (κ1) is 19.8. The SMILES string of the molecule is O=C(NC1CC1)c1cccnc1Oc1cccc(NS(=O)(=O)c2ccc(F)cc2)c1. The minimum Gasteiger partial charge on any atom is -0.438 e. The van der Waals surface area contributed by atoms with Crippen LogP contribution in [0.5, 0.6) is 11.6 Å². The summed E-state index contributed by atoms with van der Waals surface area (Å²) in [7, 11) is -3.90. The van der Waals surface area contributed by atoms with Gasteiger partial charge in [0.1, 0.15) is 17.1 Å². The fraction of sp³-hybridized carbons (Fsp3) is 0.143. The zero-order chi connectivity index (χ0) is 21.1. The number of benzene rings is 2. The molecule has 4 rings (SSSR count). The van der Waals surface area contributed by atoms with E-state index in [1.54, 1.807) is 30.3 Å². The molecule has 0 spiro atoms. The molecule has 1 fully saturated rings. The third-order valence-electron chi connectivity index (χ3n) is 4.35. The lowest BCUT2D eigenvalue weighted by molar-refractivity contribution is 0.0948. The second-order valence-electron chi connectivity index (χ2n) is 6.79. The zero-order valence-corrected chi connectivity index (χ0v) is 16.5. The van der Waals surface area contributed by atoms with Gasteiger partial charge in [-0.2, -0.15) is 0 Å². The van der Waals surface area contributed by atoms with Gasteiger partial charge in [-0.1, -0.05) is 6.07 Å². The summed E-state index contributed by atoms with van der Waals surface area (Å²) in [6.45, 7) is 0. The van der Waals surface area contributed by atoms with Crippen molar-refractivity contribution in [3.63, 3.8) is 0 Å². The summed E-state index contributed by atoms with van der Waals surface area (Å²) >= 11 is 0. The number of nitrogens with one attached hydrogen (secondary N) is 2. The lowest BCUT2D eigenvalue weighted by Gasteiger charge is -2.12. The van der Waals surface area contributed by atoms with Crippen molar-refractivity contribution >= 4 is 21.6 Å². The summed E-state index contributed by atoms with van der Waals surface area (Å²) in [5.74, 6) is -0.377. The van der Waals surface area contributed by atoms with Crippen molar-refractivity contribution in [3.05, 3.63) is 78.2 Å². The number of hydrogen-bond acceptors (Lipinski definition) is 5. The molecule has 1 aliphatic rings. The highest BCUT2D eigenvalue weighted by Crippen LogP contribution is 2.27. The van der Waals surface area contributed by atoms with Crippen molar-refractivity contribution in [1.29, 1.82) is 0 Å². The Labute approximate surface area is 173 Å². The maximum Gasteiger partial charge on any atom is 0.261 e.